The van der Waals surface area contributed by atoms with Crippen molar-refractivity contribution in [2.75, 3.05) is 22.7 Å². The number of aryl methyl sites for hydroxylation is 1. The molecule has 196 valence electrons. The first-order valence-electron chi connectivity index (χ1n) is 12.2. The van der Waals surface area contributed by atoms with E-state index < -0.39 is 23.1 Å². The highest BCUT2D eigenvalue weighted by atomic mass is 32.2. The van der Waals surface area contributed by atoms with E-state index in [0.29, 0.717) is 42.3 Å². The third-order valence-electron chi connectivity index (χ3n) is 6.50. The summed E-state index contributed by atoms with van der Waals surface area (Å²) < 4.78 is 44.6. The molecule has 3 heterocycles. The largest absolute Gasteiger partial charge is 0.481 e. The molecule has 0 unspecified atom stereocenters. The van der Waals surface area contributed by atoms with Gasteiger partial charge in [0.05, 0.1) is 16.7 Å². The van der Waals surface area contributed by atoms with Crippen molar-refractivity contribution >= 4 is 29.6 Å². The normalized spacial score (nSPS) is 18.0. The first-order chi connectivity index (χ1) is 17.6. The van der Waals surface area contributed by atoms with Gasteiger partial charge in [0.15, 0.2) is 0 Å². The second kappa shape index (κ2) is 11.0. The third kappa shape index (κ3) is 6.18. The van der Waals surface area contributed by atoms with Crippen molar-refractivity contribution in [3.05, 3.63) is 65.7 Å². The number of hydrogen-bond acceptors (Lipinski definition) is 6. The molecule has 1 saturated heterocycles. The van der Waals surface area contributed by atoms with E-state index in [0.717, 1.165) is 36.4 Å². The van der Waals surface area contributed by atoms with E-state index in [1.54, 1.807) is 25.1 Å². The smallest absolute Gasteiger partial charge is 0.418 e. The Labute approximate surface area is 218 Å². The minimum absolute atomic E-state index is 0.106. The van der Waals surface area contributed by atoms with Gasteiger partial charge in [-0.15, -0.1) is 0 Å². The van der Waals surface area contributed by atoms with Gasteiger partial charge in [-0.1, -0.05) is 43.7 Å². The minimum atomic E-state index is -4.54. The number of halogens is 3. The number of carboxylic acids is 1. The van der Waals surface area contributed by atoms with Gasteiger partial charge in [0.25, 0.3) is 0 Å². The monoisotopic (exact) mass is 530 g/mol. The van der Waals surface area contributed by atoms with E-state index in [-0.39, 0.29) is 11.5 Å². The van der Waals surface area contributed by atoms with Crippen LogP contribution in [0.15, 0.2) is 59.6 Å². The summed E-state index contributed by atoms with van der Waals surface area (Å²) in [6, 6.07) is 14.9. The Morgan fingerprint density at radius 1 is 1.14 bits per heavy atom. The summed E-state index contributed by atoms with van der Waals surface area (Å²) in [6.07, 6.45) is -1.73. The van der Waals surface area contributed by atoms with Gasteiger partial charge < -0.3 is 14.7 Å². The van der Waals surface area contributed by atoms with Crippen molar-refractivity contribution in [3.8, 4) is 11.3 Å². The number of benzene rings is 1. The van der Waals surface area contributed by atoms with Crippen molar-refractivity contribution in [2.45, 2.75) is 50.7 Å². The molecule has 2 N–H and O–H groups in total. The Kier molecular flexibility index (Phi) is 7.96. The molecule has 0 radical (unpaired) electrons. The molecule has 37 heavy (non-hydrogen) atoms. The van der Waals surface area contributed by atoms with Crippen LogP contribution in [0.1, 0.15) is 44.2 Å². The van der Waals surface area contributed by atoms with E-state index in [4.69, 9.17) is 0 Å². The van der Waals surface area contributed by atoms with E-state index in [2.05, 4.69) is 14.7 Å². The third-order valence-corrected chi connectivity index (χ3v) is 7.25. The fourth-order valence-corrected chi connectivity index (χ4v) is 5.15. The van der Waals surface area contributed by atoms with Crippen molar-refractivity contribution in [1.29, 1.82) is 0 Å². The van der Waals surface area contributed by atoms with Crippen molar-refractivity contribution in [2.24, 2.45) is 5.41 Å². The number of alkyl halides is 3. The van der Waals surface area contributed by atoms with E-state index in [1.165, 1.54) is 6.07 Å². The number of pyridine rings is 2. The number of carbonyl (C=O) groups is 1. The summed E-state index contributed by atoms with van der Waals surface area (Å²) in [7, 11) is 0. The van der Waals surface area contributed by atoms with Crippen LogP contribution < -0.4 is 9.62 Å². The molecular weight excluding hydrogens is 501 g/mol. The molecule has 1 aromatic carbocycles. The molecular formula is C27H29F3N4O2S. The zero-order valence-corrected chi connectivity index (χ0v) is 21.5. The van der Waals surface area contributed by atoms with Crippen LogP contribution in [0.5, 0.6) is 0 Å². The summed E-state index contributed by atoms with van der Waals surface area (Å²) in [5, 5.41) is 10.2. The molecule has 10 heteroatoms. The van der Waals surface area contributed by atoms with Gasteiger partial charge >= 0.3 is 12.1 Å². The number of aromatic nitrogens is 2. The number of carboxylic acid groups (broad SMARTS) is 1. The van der Waals surface area contributed by atoms with Gasteiger partial charge in [-0.3, -0.25) is 4.79 Å². The Morgan fingerprint density at radius 2 is 1.92 bits per heavy atom. The lowest BCUT2D eigenvalue weighted by atomic mass is 9.82. The maximum atomic E-state index is 13.8. The van der Waals surface area contributed by atoms with E-state index in [9.17, 15) is 23.1 Å². The van der Waals surface area contributed by atoms with Crippen LogP contribution >= 0.6 is 11.9 Å². The van der Waals surface area contributed by atoms with Crippen LogP contribution in [0.4, 0.5) is 24.8 Å². The molecule has 0 aliphatic carbocycles. The Bertz CT molecular complexity index is 1270. The lowest BCUT2D eigenvalue weighted by Crippen LogP contribution is -2.46. The molecule has 1 aliphatic heterocycles. The van der Waals surface area contributed by atoms with Gasteiger partial charge in [0.2, 0.25) is 0 Å². The molecule has 0 bridgehead atoms. The zero-order chi connectivity index (χ0) is 26.6. The van der Waals surface area contributed by atoms with E-state index in [1.807, 2.05) is 36.1 Å². The molecule has 0 spiro atoms. The topological polar surface area (TPSA) is 78.4 Å². The molecule has 0 amide bonds. The van der Waals surface area contributed by atoms with Gasteiger partial charge in [0.1, 0.15) is 16.7 Å². The fraction of sp³-hybridized carbons (Fsp3) is 0.370. The van der Waals surface area contributed by atoms with Gasteiger partial charge in [-0.05, 0) is 56.0 Å². The Hall–Kier alpha value is -3.27. The SMILES string of the molecule is CCCc1ccccc1-c1nc(NSc2cccc(N3CCC[C@@](C)(C(=O)O)C3)n2)ccc1C(F)(F)F. The summed E-state index contributed by atoms with van der Waals surface area (Å²) in [4.78, 5) is 22.7. The maximum Gasteiger partial charge on any atom is 0.418 e. The Balaban J connectivity index is 1.57. The molecule has 4 rings (SSSR count). The number of anilines is 2. The van der Waals surface area contributed by atoms with Gasteiger partial charge in [-0.25, -0.2) is 9.97 Å². The number of rotatable bonds is 8. The average Bonchev–Trinajstić information content (AvgIpc) is 2.87. The summed E-state index contributed by atoms with van der Waals surface area (Å²) >= 11 is 1.14. The lowest BCUT2D eigenvalue weighted by molar-refractivity contribution is -0.148. The fourth-order valence-electron chi connectivity index (χ4n) is 4.54. The second-order valence-electron chi connectivity index (χ2n) is 9.43. The molecule has 2 aromatic heterocycles. The highest BCUT2D eigenvalue weighted by molar-refractivity contribution is 8.00. The first-order valence-corrected chi connectivity index (χ1v) is 13.0. The van der Waals surface area contributed by atoms with Crippen LogP contribution in [-0.4, -0.2) is 34.1 Å². The molecule has 6 nitrogen and oxygen atoms in total. The highest BCUT2D eigenvalue weighted by Gasteiger charge is 2.38. The van der Waals surface area contributed by atoms with E-state index >= 15 is 0 Å². The standard InChI is InChI=1S/C27H29F3N4O2S/c1-3-8-18-9-4-5-10-19(18)24-20(27(28,29)30)13-14-21(31-24)33-37-23-12-6-11-22(32-23)34-16-7-15-26(2,17-34)25(35)36/h4-6,9-14H,3,7-8,15-17H2,1-2H3,(H,31,33)(H,35,36)/t26-/m1/s1. The van der Waals surface area contributed by atoms with Crippen LogP contribution in [0.25, 0.3) is 11.3 Å². The number of aliphatic carboxylic acids is 1. The molecule has 1 atom stereocenters. The maximum absolute atomic E-state index is 13.8. The molecule has 3 aromatic rings. The molecule has 1 fully saturated rings. The first kappa shape index (κ1) is 26.8. The number of piperidine rings is 1. The van der Waals surface area contributed by atoms with Gasteiger partial charge in [-0.2, -0.15) is 13.2 Å². The average molecular weight is 531 g/mol. The number of nitrogens with zero attached hydrogens (tertiary/aromatic N) is 3. The van der Waals surface area contributed by atoms with Crippen LogP contribution in [0.2, 0.25) is 0 Å². The molecule has 1 aliphatic rings. The zero-order valence-electron chi connectivity index (χ0n) is 20.7. The second-order valence-corrected chi connectivity index (χ2v) is 10.3. The van der Waals surface area contributed by atoms with Crippen LogP contribution in [0.3, 0.4) is 0 Å². The van der Waals surface area contributed by atoms with Crippen LogP contribution in [-0.2, 0) is 17.4 Å². The minimum Gasteiger partial charge on any atom is -0.481 e. The Morgan fingerprint density at radius 3 is 2.65 bits per heavy atom. The quantitative estimate of drug-likeness (QED) is 0.306. The number of hydrogen-bond donors (Lipinski definition) is 2. The number of nitrogens with one attached hydrogen (secondary N) is 1. The summed E-state index contributed by atoms with van der Waals surface area (Å²) in [6.45, 7) is 4.79. The van der Waals surface area contributed by atoms with Crippen molar-refractivity contribution < 1.29 is 23.1 Å². The molecule has 0 saturated carbocycles. The van der Waals surface area contributed by atoms with Crippen LogP contribution in [0, 0.1) is 5.41 Å². The van der Waals surface area contributed by atoms with Gasteiger partial charge in [0, 0.05) is 30.6 Å². The predicted octanol–water partition coefficient (Wildman–Crippen LogP) is 6.93. The lowest BCUT2D eigenvalue weighted by Gasteiger charge is -2.38. The predicted molar refractivity (Wildman–Crippen MR) is 140 cm³/mol. The summed E-state index contributed by atoms with van der Waals surface area (Å²) in [5.41, 5.74) is -0.437. The van der Waals surface area contributed by atoms with Crippen molar-refractivity contribution in [3.63, 3.8) is 0 Å². The highest BCUT2D eigenvalue weighted by Crippen LogP contribution is 2.39. The van der Waals surface area contributed by atoms with Crippen molar-refractivity contribution in [1.82, 2.24) is 9.97 Å². The summed E-state index contributed by atoms with van der Waals surface area (Å²) in [5.74, 6) is 0.116.